The van der Waals surface area contributed by atoms with Gasteiger partial charge in [0, 0.05) is 0 Å². The van der Waals surface area contributed by atoms with E-state index >= 15 is 0 Å². The van der Waals surface area contributed by atoms with Crippen LogP contribution in [0.1, 0.15) is 12.5 Å². The molecule has 0 atom stereocenters. The van der Waals surface area contributed by atoms with Crippen molar-refractivity contribution in [3.05, 3.63) is 35.9 Å². The number of carbonyl (C=O) groups excluding carboxylic acids is 1. The standard InChI is InChI=1S/C11H14O4/c1-2-14-15-11(12)9-13-8-10-6-4-3-5-7-10/h3-7H,2,8-9H2,1H3. The van der Waals surface area contributed by atoms with Crippen LogP contribution in [-0.2, 0) is 25.9 Å². The highest BCUT2D eigenvalue weighted by Crippen LogP contribution is 2.00. The fourth-order valence-corrected chi connectivity index (χ4v) is 0.975. The van der Waals surface area contributed by atoms with Gasteiger partial charge in [0.05, 0.1) is 13.2 Å². The van der Waals surface area contributed by atoms with Crippen LogP contribution in [0.15, 0.2) is 30.3 Å². The summed E-state index contributed by atoms with van der Waals surface area (Å²) in [5.74, 6) is -0.521. The molecule has 0 aliphatic carbocycles. The molecule has 15 heavy (non-hydrogen) atoms. The average Bonchev–Trinajstić information content (AvgIpc) is 2.28. The topological polar surface area (TPSA) is 44.8 Å². The lowest BCUT2D eigenvalue weighted by molar-refractivity contribution is -0.272. The molecule has 0 unspecified atom stereocenters. The van der Waals surface area contributed by atoms with E-state index in [0.717, 1.165) is 5.56 Å². The van der Waals surface area contributed by atoms with Crippen molar-refractivity contribution >= 4 is 5.97 Å². The number of hydrogen-bond donors (Lipinski definition) is 0. The molecule has 0 saturated carbocycles. The Kier molecular flexibility index (Phi) is 5.43. The van der Waals surface area contributed by atoms with Crippen LogP contribution >= 0.6 is 0 Å². The molecule has 0 aliphatic rings. The highest BCUT2D eigenvalue weighted by Gasteiger charge is 2.03. The van der Waals surface area contributed by atoms with Gasteiger partial charge in [-0.05, 0) is 12.5 Å². The van der Waals surface area contributed by atoms with Crippen molar-refractivity contribution in [3.63, 3.8) is 0 Å². The molecule has 1 aromatic carbocycles. The third-order valence-corrected chi connectivity index (χ3v) is 1.60. The van der Waals surface area contributed by atoms with Crippen LogP contribution in [0.25, 0.3) is 0 Å². The van der Waals surface area contributed by atoms with Gasteiger partial charge in [-0.25, -0.2) is 4.79 Å². The summed E-state index contributed by atoms with van der Waals surface area (Å²) in [6.45, 7) is 2.36. The number of hydrogen-bond acceptors (Lipinski definition) is 4. The van der Waals surface area contributed by atoms with E-state index in [1.807, 2.05) is 30.3 Å². The second-order valence-electron chi connectivity index (χ2n) is 2.84. The summed E-state index contributed by atoms with van der Waals surface area (Å²) in [6.07, 6.45) is 0. The molecule has 0 saturated heterocycles. The van der Waals surface area contributed by atoms with Crippen LogP contribution in [0.3, 0.4) is 0 Å². The second kappa shape index (κ2) is 6.98. The van der Waals surface area contributed by atoms with E-state index in [2.05, 4.69) is 9.78 Å². The first-order chi connectivity index (χ1) is 7.33. The minimum atomic E-state index is -0.521. The van der Waals surface area contributed by atoms with E-state index in [-0.39, 0.29) is 6.61 Å². The van der Waals surface area contributed by atoms with Crippen LogP contribution in [0, 0.1) is 0 Å². The van der Waals surface area contributed by atoms with Crippen molar-refractivity contribution in [1.82, 2.24) is 0 Å². The summed E-state index contributed by atoms with van der Waals surface area (Å²) >= 11 is 0. The molecule has 0 N–H and O–H groups in total. The number of carbonyl (C=O) groups is 1. The molecule has 1 aromatic rings. The maximum Gasteiger partial charge on any atom is 0.367 e. The van der Waals surface area contributed by atoms with Gasteiger partial charge in [0.2, 0.25) is 0 Å². The van der Waals surface area contributed by atoms with Crippen molar-refractivity contribution < 1.29 is 19.3 Å². The van der Waals surface area contributed by atoms with Crippen molar-refractivity contribution in [2.75, 3.05) is 13.2 Å². The van der Waals surface area contributed by atoms with Crippen molar-refractivity contribution in [3.8, 4) is 0 Å². The number of rotatable bonds is 6. The first-order valence-electron chi connectivity index (χ1n) is 4.77. The Morgan fingerprint density at radius 1 is 1.27 bits per heavy atom. The van der Waals surface area contributed by atoms with Gasteiger partial charge >= 0.3 is 5.97 Å². The Morgan fingerprint density at radius 3 is 2.67 bits per heavy atom. The van der Waals surface area contributed by atoms with Gasteiger partial charge in [-0.3, -0.25) is 4.89 Å². The van der Waals surface area contributed by atoms with Gasteiger partial charge in [0.15, 0.2) is 0 Å². The van der Waals surface area contributed by atoms with E-state index in [1.54, 1.807) is 6.92 Å². The van der Waals surface area contributed by atoms with Gasteiger partial charge in [0.25, 0.3) is 0 Å². The van der Waals surface area contributed by atoms with Crippen LogP contribution in [-0.4, -0.2) is 19.2 Å². The normalized spacial score (nSPS) is 9.93. The molecule has 0 aliphatic heterocycles. The van der Waals surface area contributed by atoms with Crippen LogP contribution in [0.5, 0.6) is 0 Å². The lowest BCUT2D eigenvalue weighted by Gasteiger charge is -2.03. The summed E-state index contributed by atoms with van der Waals surface area (Å²) in [7, 11) is 0. The van der Waals surface area contributed by atoms with E-state index in [4.69, 9.17) is 4.74 Å². The van der Waals surface area contributed by atoms with Gasteiger partial charge in [-0.1, -0.05) is 30.3 Å². The van der Waals surface area contributed by atoms with Crippen LogP contribution < -0.4 is 0 Å². The van der Waals surface area contributed by atoms with Crippen LogP contribution in [0.2, 0.25) is 0 Å². The fraction of sp³-hybridized carbons (Fsp3) is 0.364. The first kappa shape index (κ1) is 11.7. The summed E-state index contributed by atoms with van der Waals surface area (Å²) in [6, 6.07) is 9.60. The third kappa shape index (κ3) is 5.15. The van der Waals surface area contributed by atoms with E-state index in [1.165, 1.54) is 0 Å². The molecular weight excluding hydrogens is 196 g/mol. The zero-order valence-corrected chi connectivity index (χ0v) is 8.64. The summed E-state index contributed by atoms with van der Waals surface area (Å²) in [5.41, 5.74) is 1.02. The first-order valence-corrected chi connectivity index (χ1v) is 4.77. The summed E-state index contributed by atoms with van der Waals surface area (Å²) < 4.78 is 5.12. The zero-order chi connectivity index (χ0) is 10.9. The lowest BCUT2D eigenvalue weighted by atomic mass is 10.2. The maximum absolute atomic E-state index is 10.9. The quantitative estimate of drug-likeness (QED) is 0.529. The molecule has 0 amide bonds. The molecule has 0 aromatic heterocycles. The smallest absolute Gasteiger partial charge is 0.365 e. The zero-order valence-electron chi connectivity index (χ0n) is 8.64. The highest BCUT2D eigenvalue weighted by molar-refractivity contribution is 5.69. The minimum absolute atomic E-state index is 0.102. The second-order valence-corrected chi connectivity index (χ2v) is 2.84. The van der Waals surface area contributed by atoms with Crippen molar-refractivity contribution in [2.45, 2.75) is 13.5 Å². The fourth-order valence-electron chi connectivity index (χ4n) is 0.975. The molecule has 0 heterocycles. The predicted molar refractivity (Wildman–Crippen MR) is 53.8 cm³/mol. The Labute approximate surface area is 88.7 Å². The predicted octanol–water partition coefficient (Wildman–Crippen LogP) is 1.70. The molecule has 0 spiro atoms. The molecular formula is C11H14O4. The molecule has 0 bridgehead atoms. The van der Waals surface area contributed by atoms with E-state index < -0.39 is 5.97 Å². The maximum atomic E-state index is 10.9. The number of ether oxygens (including phenoxy) is 1. The molecule has 82 valence electrons. The monoisotopic (exact) mass is 210 g/mol. The van der Waals surface area contributed by atoms with Gasteiger partial charge in [0.1, 0.15) is 6.61 Å². The summed E-state index contributed by atoms with van der Waals surface area (Å²) in [5, 5.41) is 0. The Hall–Kier alpha value is -1.39. The van der Waals surface area contributed by atoms with Crippen molar-refractivity contribution in [2.24, 2.45) is 0 Å². The third-order valence-electron chi connectivity index (χ3n) is 1.60. The average molecular weight is 210 g/mol. The molecule has 1 rings (SSSR count). The van der Waals surface area contributed by atoms with E-state index in [0.29, 0.717) is 13.2 Å². The minimum Gasteiger partial charge on any atom is -0.365 e. The molecule has 4 nitrogen and oxygen atoms in total. The molecule has 0 fully saturated rings. The Balaban J connectivity index is 2.14. The van der Waals surface area contributed by atoms with Gasteiger partial charge in [-0.15, -0.1) is 0 Å². The summed E-state index contributed by atoms with van der Waals surface area (Å²) in [4.78, 5) is 19.8. The number of benzene rings is 1. The Morgan fingerprint density at radius 2 is 2.00 bits per heavy atom. The van der Waals surface area contributed by atoms with Gasteiger partial charge in [-0.2, -0.15) is 4.89 Å². The van der Waals surface area contributed by atoms with Crippen molar-refractivity contribution in [1.29, 1.82) is 0 Å². The van der Waals surface area contributed by atoms with E-state index in [9.17, 15) is 4.79 Å². The van der Waals surface area contributed by atoms with Gasteiger partial charge < -0.3 is 4.74 Å². The highest BCUT2D eigenvalue weighted by atomic mass is 17.2. The largest absolute Gasteiger partial charge is 0.367 e. The SMILES string of the molecule is CCOOC(=O)COCc1ccccc1. The van der Waals surface area contributed by atoms with Crippen LogP contribution in [0.4, 0.5) is 0 Å². The Bertz CT molecular complexity index is 284. The lowest BCUT2D eigenvalue weighted by Crippen LogP contribution is -2.12. The molecule has 0 radical (unpaired) electrons. The molecule has 4 heteroatoms.